The van der Waals surface area contributed by atoms with Crippen LogP contribution in [0, 0.1) is 0 Å². The molecule has 0 spiro atoms. The van der Waals surface area contributed by atoms with Gasteiger partial charge in [-0.05, 0) is 42.8 Å². The normalized spacial score (nSPS) is 11.5. The van der Waals surface area contributed by atoms with Gasteiger partial charge in [0.2, 0.25) is 0 Å². The van der Waals surface area contributed by atoms with Crippen molar-refractivity contribution < 1.29 is 14.3 Å². The molecule has 8 heteroatoms. The minimum atomic E-state index is -0.316. The lowest BCUT2D eigenvalue weighted by atomic mass is 10.0. The molecule has 0 saturated carbocycles. The second-order valence-electron chi connectivity index (χ2n) is 7.49. The number of hydrogen-bond donors (Lipinski definition) is 1. The van der Waals surface area contributed by atoms with Crippen molar-refractivity contribution in [1.82, 2.24) is 10.4 Å². The van der Waals surface area contributed by atoms with E-state index in [0.29, 0.717) is 32.6 Å². The molecule has 1 N–H and O–H groups in total. The number of para-hydroxylation sites is 1. The minimum Gasteiger partial charge on any atom is -0.497 e. The SMILES string of the molecule is CCC/C(=N\NC(=O)c1cc(-c2ccc(OC)cc2OC)nc2ccccc12)c1ccc(Cl)s1. The Morgan fingerprint density at radius 3 is 2.62 bits per heavy atom. The number of carbonyl (C=O) groups excluding carboxylic acids is 1. The molecule has 4 rings (SSSR count). The molecule has 0 aliphatic heterocycles. The lowest BCUT2D eigenvalue weighted by molar-refractivity contribution is 0.0956. The lowest BCUT2D eigenvalue weighted by Crippen LogP contribution is -2.20. The van der Waals surface area contributed by atoms with Gasteiger partial charge >= 0.3 is 0 Å². The molecular formula is C26H24ClN3O3S. The van der Waals surface area contributed by atoms with Gasteiger partial charge in [0.1, 0.15) is 11.5 Å². The first-order valence-electron chi connectivity index (χ1n) is 10.8. The summed E-state index contributed by atoms with van der Waals surface area (Å²) in [6.07, 6.45) is 1.62. The molecule has 0 aliphatic rings. The number of halogens is 1. The molecule has 1 amide bonds. The predicted octanol–water partition coefficient (Wildman–Crippen LogP) is 6.57. The Balaban J connectivity index is 1.75. The first-order chi connectivity index (χ1) is 16.5. The summed E-state index contributed by atoms with van der Waals surface area (Å²) in [7, 11) is 3.19. The van der Waals surface area contributed by atoms with Gasteiger partial charge in [0.15, 0.2) is 0 Å². The van der Waals surface area contributed by atoms with Crippen LogP contribution in [-0.2, 0) is 0 Å². The highest BCUT2D eigenvalue weighted by Gasteiger charge is 2.17. The summed E-state index contributed by atoms with van der Waals surface area (Å²) < 4.78 is 11.5. The van der Waals surface area contributed by atoms with Crippen LogP contribution in [0.1, 0.15) is 35.0 Å². The Bertz CT molecular complexity index is 1370. The van der Waals surface area contributed by atoms with Crippen LogP contribution in [0.2, 0.25) is 4.34 Å². The summed E-state index contributed by atoms with van der Waals surface area (Å²) in [5.74, 6) is 0.959. The molecule has 0 fully saturated rings. The zero-order valence-electron chi connectivity index (χ0n) is 19.1. The number of amides is 1. The largest absolute Gasteiger partial charge is 0.497 e. The highest BCUT2D eigenvalue weighted by molar-refractivity contribution is 7.18. The molecule has 0 atom stereocenters. The van der Waals surface area contributed by atoms with Crippen LogP contribution in [0.4, 0.5) is 0 Å². The third kappa shape index (κ3) is 5.05. The molecule has 2 aromatic carbocycles. The Kier molecular flexibility index (Phi) is 7.45. The van der Waals surface area contributed by atoms with Crippen molar-refractivity contribution in [2.24, 2.45) is 5.10 Å². The van der Waals surface area contributed by atoms with Crippen LogP contribution < -0.4 is 14.9 Å². The number of nitrogens with zero attached hydrogens (tertiary/aromatic N) is 2. The number of benzene rings is 2. The second kappa shape index (κ2) is 10.7. The fourth-order valence-corrected chi connectivity index (χ4v) is 4.69. The number of nitrogens with one attached hydrogen (secondary N) is 1. The number of ether oxygens (including phenoxy) is 2. The average molecular weight is 494 g/mol. The van der Waals surface area contributed by atoms with Gasteiger partial charge in [-0.2, -0.15) is 5.10 Å². The maximum Gasteiger partial charge on any atom is 0.272 e. The second-order valence-corrected chi connectivity index (χ2v) is 9.21. The van der Waals surface area contributed by atoms with Crippen molar-refractivity contribution in [3.63, 3.8) is 0 Å². The lowest BCUT2D eigenvalue weighted by Gasteiger charge is -2.13. The maximum absolute atomic E-state index is 13.3. The van der Waals surface area contributed by atoms with Crippen molar-refractivity contribution in [3.8, 4) is 22.8 Å². The number of hydrazone groups is 1. The van der Waals surface area contributed by atoms with Crippen molar-refractivity contribution in [3.05, 3.63) is 75.4 Å². The molecule has 0 radical (unpaired) electrons. The van der Waals surface area contributed by atoms with E-state index in [1.165, 1.54) is 11.3 Å². The Hall–Kier alpha value is -3.42. The van der Waals surface area contributed by atoms with Gasteiger partial charge in [-0.3, -0.25) is 4.79 Å². The van der Waals surface area contributed by atoms with Gasteiger partial charge in [-0.1, -0.05) is 43.1 Å². The third-order valence-electron chi connectivity index (χ3n) is 5.28. The molecule has 0 bridgehead atoms. The topological polar surface area (TPSA) is 72.8 Å². The quantitative estimate of drug-likeness (QED) is 0.222. The number of methoxy groups -OCH3 is 2. The molecule has 4 aromatic rings. The minimum absolute atomic E-state index is 0.316. The summed E-state index contributed by atoms with van der Waals surface area (Å²) in [4.78, 5) is 19.0. The smallest absolute Gasteiger partial charge is 0.272 e. The Morgan fingerprint density at radius 2 is 1.91 bits per heavy atom. The van der Waals surface area contributed by atoms with Crippen molar-refractivity contribution in [2.75, 3.05) is 14.2 Å². The molecule has 2 aromatic heterocycles. The first kappa shape index (κ1) is 23.7. The monoisotopic (exact) mass is 493 g/mol. The number of carbonyl (C=O) groups is 1. The van der Waals surface area contributed by atoms with E-state index >= 15 is 0 Å². The summed E-state index contributed by atoms with van der Waals surface area (Å²) in [5.41, 5.74) is 6.08. The van der Waals surface area contributed by atoms with Crippen molar-refractivity contribution >= 4 is 45.5 Å². The van der Waals surface area contributed by atoms with Crippen LogP contribution >= 0.6 is 22.9 Å². The van der Waals surface area contributed by atoms with E-state index in [2.05, 4.69) is 17.5 Å². The van der Waals surface area contributed by atoms with Crippen molar-refractivity contribution in [1.29, 1.82) is 0 Å². The van der Waals surface area contributed by atoms with Gasteiger partial charge in [0.25, 0.3) is 5.91 Å². The first-order valence-corrected chi connectivity index (χ1v) is 12.0. The number of hydrogen-bond acceptors (Lipinski definition) is 6. The average Bonchev–Trinajstić information content (AvgIpc) is 3.31. The van der Waals surface area contributed by atoms with E-state index in [-0.39, 0.29) is 5.91 Å². The summed E-state index contributed by atoms with van der Waals surface area (Å²) in [6, 6.07) is 18.5. The van der Waals surface area contributed by atoms with Gasteiger partial charge in [0.05, 0.1) is 45.9 Å². The standard InChI is InChI=1S/C26H24ClN3O3S/c1-4-7-21(24-12-13-25(27)34-24)29-30-26(31)19-15-22(28-20-9-6-5-8-17(19)20)18-11-10-16(32-2)14-23(18)33-3/h5-6,8-15H,4,7H2,1-3H3,(H,30,31)/b29-21+. The predicted molar refractivity (Wildman–Crippen MR) is 139 cm³/mol. The third-order valence-corrected chi connectivity index (χ3v) is 6.56. The number of rotatable bonds is 8. The number of pyridine rings is 1. The molecule has 6 nitrogen and oxygen atoms in total. The highest BCUT2D eigenvalue weighted by Crippen LogP contribution is 2.34. The zero-order valence-corrected chi connectivity index (χ0v) is 20.7. The van der Waals surface area contributed by atoms with E-state index in [0.717, 1.165) is 34.4 Å². The van der Waals surface area contributed by atoms with Crippen LogP contribution in [0.15, 0.2) is 65.8 Å². The molecule has 174 valence electrons. The Labute approximate surface area is 207 Å². The molecule has 34 heavy (non-hydrogen) atoms. The maximum atomic E-state index is 13.3. The number of thiophene rings is 1. The van der Waals surface area contributed by atoms with Crippen molar-refractivity contribution in [2.45, 2.75) is 19.8 Å². The molecule has 2 heterocycles. The van der Waals surface area contributed by atoms with E-state index < -0.39 is 0 Å². The van der Waals surface area contributed by atoms with E-state index in [9.17, 15) is 4.79 Å². The van der Waals surface area contributed by atoms with E-state index in [4.69, 9.17) is 26.1 Å². The summed E-state index contributed by atoms with van der Waals surface area (Å²) >= 11 is 7.54. The van der Waals surface area contributed by atoms with Gasteiger partial charge < -0.3 is 9.47 Å². The zero-order chi connectivity index (χ0) is 24.1. The van der Waals surface area contributed by atoms with Crippen LogP contribution in [-0.4, -0.2) is 30.8 Å². The van der Waals surface area contributed by atoms with Crippen LogP contribution in [0.5, 0.6) is 11.5 Å². The van der Waals surface area contributed by atoms with Gasteiger partial charge in [-0.15, -0.1) is 11.3 Å². The molecular weight excluding hydrogens is 470 g/mol. The van der Waals surface area contributed by atoms with Gasteiger partial charge in [0, 0.05) is 17.0 Å². The molecule has 0 unspecified atom stereocenters. The summed E-state index contributed by atoms with van der Waals surface area (Å²) in [6.45, 7) is 2.07. The fourth-order valence-electron chi connectivity index (χ4n) is 3.63. The molecule has 0 saturated heterocycles. The van der Waals surface area contributed by atoms with E-state index in [1.54, 1.807) is 26.4 Å². The Morgan fingerprint density at radius 1 is 1.09 bits per heavy atom. The number of fused-ring (bicyclic) bond motifs is 1. The van der Waals surface area contributed by atoms with Crippen LogP contribution in [0.3, 0.4) is 0 Å². The van der Waals surface area contributed by atoms with Crippen LogP contribution in [0.25, 0.3) is 22.2 Å². The highest BCUT2D eigenvalue weighted by atomic mass is 35.5. The fraction of sp³-hybridized carbons (Fsp3) is 0.192. The van der Waals surface area contributed by atoms with E-state index in [1.807, 2.05) is 48.5 Å². The summed E-state index contributed by atoms with van der Waals surface area (Å²) in [5, 5.41) is 5.18. The van der Waals surface area contributed by atoms with Gasteiger partial charge in [-0.25, -0.2) is 10.4 Å². The number of aromatic nitrogens is 1. The molecule has 0 aliphatic carbocycles.